The lowest BCUT2D eigenvalue weighted by Crippen LogP contribution is -2.44. The number of anilines is 2. The van der Waals surface area contributed by atoms with Gasteiger partial charge in [0.2, 0.25) is 5.91 Å². The van der Waals surface area contributed by atoms with Gasteiger partial charge in [0.25, 0.3) is 0 Å². The van der Waals surface area contributed by atoms with E-state index in [0.29, 0.717) is 12.3 Å². The van der Waals surface area contributed by atoms with Crippen LogP contribution in [0.1, 0.15) is 38.5 Å². The fourth-order valence-corrected chi connectivity index (χ4v) is 3.55. The van der Waals surface area contributed by atoms with E-state index in [-0.39, 0.29) is 5.91 Å². The molecule has 1 aliphatic heterocycles. The number of amides is 1. The number of pyridine rings is 1. The molecule has 1 saturated carbocycles. The molecule has 0 bridgehead atoms. The van der Waals surface area contributed by atoms with E-state index in [9.17, 15) is 4.79 Å². The van der Waals surface area contributed by atoms with Crippen LogP contribution < -0.4 is 10.2 Å². The molecule has 2 fully saturated rings. The van der Waals surface area contributed by atoms with Crippen LogP contribution >= 0.6 is 0 Å². The fraction of sp³-hybridized carbons (Fsp3) is 0.667. The first-order chi connectivity index (χ1) is 11.2. The van der Waals surface area contributed by atoms with Crippen LogP contribution in [0, 0.1) is 5.92 Å². The van der Waals surface area contributed by atoms with E-state index in [1.54, 1.807) is 6.20 Å². The number of piperazine rings is 1. The topological polar surface area (TPSA) is 48.5 Å². The Balaban J connectivity index is 1.49. The predicted octanol–water partition coefficient (Wildman–Crippen LogP) is 2.74. The number of aromatic nitrogens is 1. The molecular weight excluding hydrogens is 288 g/mol. The Labute approximate surface area is 139 Å². The van der Waals surface area contributed by atoms with E-state index >= 15 is 0 Å². The minimum Gasteiger partial charge on any atom is -0.354 e. The van der Waals surface area contributed by atoms with Crippen molar-refractivity contribution in [3.63, 3.8) is 0 Å². The maximum atomic E-state index is 12.1. The first-order valence-electron chi connectivity index (χ1n) is 8.90. The molecule has 1 aromatic rings. The normalized spacial score (nSPS) is 20.5. The van der Waals surface area contributed by atoms with E-state index in [2.05, 4.69) is 27.1 Å². The van der Waals surface area contributed by atoms with E-state index in [4.69, 9.17) is 0 Å². The van der Waals surface area contributed by atoms with E-state index < -0.39 is 0 Å². The Morgan fingerprint density at radius 2 is 1.91 bits per heavy atom. The summed E-state index contributed by atoms with van der Waals surface area (Å²) in [6.45, 7) is 4.16. The van der Waals surface area contributed by atoms with Crippen LogP contribution in [0.4, 0.5) is 11.5 Å². The summed E-state index contributed by atoms with van der Waals surface area (Å²) < 4.78 is 0. The van der Waals surface area contributed by atoms with Crippen LogP contribution in [0.5, 0.6) is 0 Å². The number of hydrogen-bond donors (Lipinski definition) is 1. The fourth-order valence-electron chi connectivity index (χ4n) is 3.55. The first-order valence-corrected chi connectivity index (χ1v) is 8.90. The Kier molecular flexibility index (Phi) is 5.49. The summed E-state index contributed by atoms with van der Waals surface area (Å²) in [6, 6.07) is 3.99. The number of nitrogens with zero attached hydrogens (tertiary/aromatic N) is 3. The Hall–Kier alpha value is -1.62. The Morgan fingerprint density at radius 1 is 1.17 bits per heavy atom. The largest absolute Gasteiger partial charge is 0.354 e. The van der Waals surface area contributed by atoms with Crippen LogP contribution in [0.3, 0.4) is 0 Å². The molecule has 0 spiro atoms. The molecule has 126 valence electrons. The summed E-state index contributed by atoms with van der Waals surface area (Å²) in [5.74, 6) is 1.70. The molecule has 0 atom stereocenters. The zero-order valence-electron chi connectivity index (χ0n) is 14.1. The van der Waals surface area contributed by atoms with Gasteiger partial charge >= 0.3 is 0 Å². The van der Waals surface area contributed by atoms with Gasteiger partial charge in [0.1, 0.15) is 5.82 Å². The monoisotopic (exact) mass is 316 g/mol. The third-order valence-electron chi connectivity index (χ3n) is 5.06. The smallest absolute Gasteiger partial charge is 0.224 e. The van der Waals surface area contributed by atoms with Gasteiger partial charge in [0.15, 0.2) is 0 Å². The zero-order chi connectivity index (χ0) is 16.1. The SMILES string of the molecule is CN1CCN(c2ccc(NC(=O)CC3CCCCC3)cn2)CC1. The van der Waals surface area contributed by atoms with Gasteiger partial charge in [-0.25, -0.2) is 4.98 Å². The minimum atomic E-state index is 0.131. The van der Waals surface area contributed by atoms with Crippen molar-refractivity contribution in [2.45, 2.75) is 38.5 Å². The van der Waals surface area contributed by atoms with Crippen molar-refractivity contribution >= 4 is 17.4 Å². The number of hydrogen-bond acceptors (Lipinski definition) is 4. The van der Waals surface area contributed by atoms with Crippen LogP contribution in [0.15, 0.2) is 18.3 Å². The summed E-state index contributed by atoms with van der Waals surface area (Å²) in [7, 11) is 2.15. The van der Waals surface area contributed by atoms with Crippen molar-refractivity contribution in [1.29, 1.82) is 0 Å². The second-order valence-electron chi connectivity index (χ2n) is 6.95. The number of nitrogens with one attached hydrogen (secondary N) is 1. The lowest BCUT2D eigenvalue weighted by Gasteiger charge is -2.33. The average molecular weight is 316 g/mol. The van der Waals surface area contributed by atoms with Crippen LogP contribution in [-0.4, -0.2) is 49.0 Å². The van der Waals surface area contributed by atoms with Gasteiger partial charge in [-0.2, -0.15) is 0 Å². The molecule has 1 amide bonds. The Morgan fingerprint density at radius 3 is 2.57 bits per heavy atom. The van der Waals surface area contributed by atoms with Crippen molar-refractivity contribution < 1.29 is 4.79 Å². The predicted molar refractivity (Wildman–Crippen MR) is 93.8 cm³/mol. The van der Waals surface area contributed by atoms with Gasteiger partial charge in [-0.05, 0) is 37.9 Å². The van der Waals surface area contributed by atoms with Crippen molar-refractivity contribution in [2.75, 3.05) is 43.4 Å². The Bertz CT molecular complexity index is 502. The lowest BCUT2D eigenvalue weighted by atomic mass is 9.87. The van der Waals surface area contributed by atoms with Crippen LogP contribution in [-0.2, 0) is 4.79 Å². The summed E-state index contributed by atoms with van der Waals surface area (Å²) in [5, 5.41) is 3.00. The van der Waals surface area contributed by atoms with E-state index in [1.807, 2.05) is 12.1 Å². The third-order valence-corrected chi connectivity index (χ3v) is 5.06. The van der Waals surface area contributed by atoms with Gasteiger partial charge in [-0.3, -0.25) is 4.79 Å². The molecule has 23 heavy (non-hydrogen) atoms. The van der Waals surface area contributed by atoms with Gasteiger partial charge < -0.3 is 15.1 Å². The summed E-state index contributed by atoms with van der Waals surface area (Å²) in [4.78, 5) is 21.3. The van der Waals surface area contributed by atoms with Crippen molar-refractivity contribution in [3.05, 3.63) is 18.3 Å². The molecule has 2 heterocycles. The van der Waals surface area contributed by atoms with Crippen LogP contribution in [0.25, 0.3) is 0 Å². The maximum absolute atomic E-state index is 12.1. The highest BCUT2D eigenvalue weighted by molar-refractivity contribution is 5.90. The lowest BCUT2D eigenvalue weighted by molar-refractivity contribution is -0.117. The van der Waals surface area contributed by atoms with Gasteiger partial charge in [-0.1, -0.05) is 19.3 Å². The van der Waals surface area contributed by atoms with Crippen LogP contribution in [0.2, 0.25) is 0 Å². The number of rotatable bonds is 4. The highest BCUT2D eigenvalue weighted by atomic mass is 16.1. The highest BCUT2D eigenvalue weighted by Gasteiger charge is 2.18. The second-order valence-corrected chi connectivity index (χ2v) is 6.95. The molecule has 3 rings (SSSR count). The maximum Gasteiger partial charge on any atom is 0.224 e. The molecule has 1 saturated heterocycles. The quantitative estimate of drug-likeness (QED) is 0.928. The molecule has 5 heteroatoms. The van der Waals surface area contributed by atoms with E-state index in [1.165, 1.54) is 32.1 Å². The molecule has 0 unspecified atom stereocenters. The van der Waals surface area contributed by atoms with Gasteiger partial charge in [0.05, 0.1) is 11.9 Å². The average Bonchev–Trinajstić information content (AvgIpc) is 2.57. The summed E-state index contributed by atoms with van der Waals surface area (Å²) in [6.07, 6.45) is 8.73. The first kappa shape index (κ1) is 16.2. The minimum absolute atomic E-state index is 0.131. The highest BCUT2D eigenvalue weighted by Crippen LogP contribution is 2.26. The van der Waals surface area contributed by atoms with Crippen molar-refractivity contribution in [3.8, 4) is 0 Å². The van der Waals surface area contributed by atoms with Crippen molar-refractivity contribution in [1.82, 2.24) is 9.88 Å². The van der Waals surface area contributed by atoms with Gasteiger partial charge in [-0.15, -0.1) is 0 Å². The number of carbonyl (C=O) groups is 1. The van der Waals surface area contributed by atoms with E-state index in [0.717, 1.165) is 37.7 Å². The molecule has 0 aromatic carbocycles. The zero-order valence-corrected chi connectivity index (χ0v) is 14.1. The summed E-state index contributed by atoms with van der Waals surface area (Å²) in [5.41, 5.74) is 0.809. The number of likely N-dealkylation sites (N-methyl/N-ethyl adjacent to an activating group) is 1. The molecule has 1 aliphatic carbocycles. The molecule has 2 aliphatic rings. The third kappa shape index (κ3) is 4.67. The van der Waals surface area contributed by atoms with Crippen molar-refractivity contribution in [2.24, 2.45) is 5.92 Å². The second kappa shape index (κ2) is 7.77. The molecule has 1 N–H and O–H groups in total. The summed E-state index contributed by atoms with van der Waals surface area (Å²) >= 11 is 0. The standard InChI is InChI=1S/C18H28N4O/c1-21-9-11-22(12-10-21)17-8-7-16(14-19-17)20-18(23)13-15-5-3-2-4-6-15/h7-8,14-15H,2-6,9-13H2,1H3,(H,20,23). The molecule has 5 nitrogen and oxygen atoms in total. The number of carbonyl (C=O) groups excluding carboxylic acids is 1. The molecule has 1 aromatic heterocycles. The van der Waals surface area contributed by atoms with Gasteiger partial charge in [0, 0.05) is 32.6 Å². The molecule has 0 radical (unpaired) electrons. The molecular formula is C18H28N4O.